The summed E-state index contributed by atoms with van der Waals surface area (Å²) in [6.45, 7) is 10.6. The van der Waals surface area contributed by atoms with Crippen molar-refractivity contribution in [1.29, 1.82) is 0 Å². The van der Waals surface area contributed by atoms with Gasteiger partial charge in [0.2, 0.25) is 0 Å². The Morgan fingerprint density at radius 3 is 2.26 bits per heavy atom. The molecule has 6 nitrogen and oxygen atoms in total. The number of amides is 2. The van der Waals surface area contributed by atoms with Crippen molar-refractivity contribution in [2.45, 2.75) is 46.6 Å². The molecule has 0 bridgehead atoms. The van der Waals surface area contributed by atoms with Gasteiger partial charge >= 0.3 is 0 Å². The molecule has 2 aromatic carbocycles. The van der Waals surface area contributed by atoms with E-state index < -0.39 is 0 Å². The maximum atomic E-state index is 12.6. The molecule has 0 fully saturated rings. The van der Waals surface area contributed by atoms with E-state index in [0.717, 1.165) is 12.2 Å². The lowest BCUT2D eigenvalue weighted by atomic mass is 10.1. The SMILES string of the molecule is CC(C)CCOc1ccc(C(=O)NC(=S)Nc2ccccc2C(=O)NC(C)(C)C)cc1. The fraction of sp³-hybridized carbons (Fsp3) is 0.375. The molecular formula is C24H31N3O3S. The number of carbonyl (C=O) groups excluding carboxylic acids is 2. The average Bonchev–Trinajstić information content (AvgIpc) is 2.67. The topological polar surface area (TPSA) is 79.5 Å². The molecule has 2 amide bonds. The third kappa shape index (κ3) is 8.38. The molecule has 0 aliphatic heterocycles. The second-order valence-electron chi connectivity index (χ2n) is 8.71. The molecule has 7 heteroatoms. The Bertz CT molecular complexity index is 918. The molecule has 3 N–H and O–H groups in total. The van der Waals surface area contributed by atoms with E-state index in [1.165, 1.54) is 0 Å². The van der Waals surface area contributed by atoms with Crippen molar-refractivity contribution in [2.75, 3.05) is 11.9 Å². The molecule has 0 saturated carbocycles. The van der Waals surface area contributed by atoms with Crippen LogP contribution in [0.1, 0.15) is 61.8 Å². The smallest absolute Gasteiger partial charge is 0.257 e. The van der Waals surface area contributed by atoms with Gasteiger partial charge in [0.15, 0.2) is 5.11 Å². The number of hydrogen-bond acceptors (Lipinski definition) is 4. The number of thiocarbonyl (C=S) groups is 1. The summed E-state index contributed by atoms with van der Waals surface area (Å²) in [7, 11) is 0. The van der Waals surface area contributed by atoms with Crippen molar-refractivity contribution in [2.24, 2.45) is 5.92 Å². The van der Waals surface area contributed by atoms with Gasteiger partial charge in [-0.25, -0.2) is 0 Å². The summed E-state index contributed by atoms with van der Waals surface area (Å²) in [6.07, 6.45) is 0.970. The molecular weight excluding hydrogens is 410 g/mol. The van der Waals surface area contributed by atoms with Gasteiger partial charge in [-0.3, -0.25) is 14.9 Å². The molecule has 0 unspecified atom stereocenters. The van der Waals surface area contributed by atoms with Gasteiger partial charge in [0.05, 0.1) is 17.9 Å². The van der Waals surface area contributed by atoms with Crippen LogP contribution >= 0.6 is 12.2 Å². The average molecular weight is 442 g/mol. The maximum absolute atomic E-state index is 12.6. The first-order chi connectivity index (χ1) is 14.5. The Labute approximate surface area is 189 Å². The highest BCUT2D eigenvalue weighted by Crippen LogP contribution is 2.17. The van der Waals surface area contributed by atoms with E-state index in [1.807, 2.05) is 20.8 Å². The normalized spacial score (nSPS) is 11.0. The van der Waals surface area contributed by atoms with E-state index in [2.05, 4.69) is 29.8 Å². The monoisotopic (exact) mass is 441 g/mol. The molecule has 0 spiro atoms. The van der Waals surface area contributed by atoms with E-state index in [9.17, 15) is 9.59 Å². The second-order valence-corrected chi connectivity index (χ2v) is 9.12. The van der Waals surface area contributed by atoms with Gasteiger partial charge in [0, 0.05) is 11.1 Å². The Balaban J connectivity index is 1.97. The Morgan fingerprint density at radius 2 is 1.65 bits per heavy atom. The number of para-hydroxylation sites is 1. The van der Waals surface area contributed by atoms with Gasteiger partial charge < -0.3 is 15.4 Å². The summed E-state index contributed by atoms with van der Waals surface area (Å²) in [5, 5.41) is 8.62. The molecule has 0 heterocycles. The molecule has 0 aliphatic rings. The number of hydrogen-bond donors (Lipinski definition) is 3. The number of rotatable bonds is 7. The van der Waals surface area contributed by atoms with Crippen molar-refractivity contribution in [3.8, 4) is 5.75 Å². The quantitative estimate of drug-likeness (QED) is 0.540. The Morgan fingerprint density at radius 1 is 1.00 bits per heavy atom. The van der Waals surface area contributed by atoms with Gasteiger partial charge in [0.1, 0.15) is 5.75 Å². The molecule has 0 radical (unpaired) electrons. The zero-order valence-corrected chi connectivity index (χ0v) is 19.6. The van der Waals surface area contributed by atoms with Crippen LogP contribution in [0.3, 0.4) is 0 Å². The van der Waals surface area contributed by atoms with Crippen LogP contribution in [0.4, 0.5) is 5.69 Å². The van der Waals surface area contributed by atoms with Gasteiger partial charge in [-0.15, -0.1) is 0 Å². The Kier molecular flexibility index (Phi) is 8.56. The third-order valence-electron chi connectivity index (χ3n) is 4.22. The van der Waals surface area contributed by atoms with Gasteiger partial charge in [0.25, 0.3) is 11.8 Å². The van der Waals surface area contributed by atoms with Gasteiger partial charge in [-0.2, -0.15) is 0 Å². The van der Waals surface area contributed by atoms with Crippen LogP contribution in [0.2, 0.25) is 0 Å². The minimum Gasteiger partial charge on any atom is -0.494 e. The standard InChI is InChI=1S/C24H31N3O3S/c1-16(2)14-15-30-18-12-10-17(11-13-18)21(28)26-23(31)25-20-9-7-6-8-19(20)22(29)27-24(3,4)5/h6-13,16H,14-15H2,1-5H3,(H,27,29)(H2,25,26,28,31). The molecule has 0 atom stereocenters. The van der Waals surface area contributed by atoms with Crippen molar-refractivity contribution < 1.29 is 14.3 Å². The van der Waals surface area contributed by atoms with Crippen molar-refractivity contribution >= 4 is 34.8 Å². The fourth-order valence-electron chi connectivity index (χ4n) is 2.64. The molecule has 0 aromatic heterocycles. The summed E-state index contributed by atoms with van der Waals surface area (Å²) in [4.78, 5) is 25.1. The van der Waals surface area contributed by atoms with Crippen molar-refractivity contribution in [3.05, 3.63) is 59.7 Å². The zero-order valence-electron chi connectivity index (χ0n) is 18.7. The van der Waals surface area contributed by atoms with Crippen LogP contribution in [0, 0.1) is 5.92 Å². The summed E-state index contributed by atoms with van der Waals surface area (Å²) < 4.78 is 5.67. The first-order valence-corrected chi connectivity index (χ1v) is 10.7. The number of carbonyl (C=O) groups is 2. The zero-order chi connectivity index (χ0) is 23.0. The van der Waals surface area contributed by atoms with Gasteiger partial charge in [-0.1, -0.05) is 26.0 Å². The molecule has 2 rings (SSSR count). The highest BCUT2D eigenvalue weighted by Gasteiger charge is 2.18. The van der Waals surface area contributed by atoms with E-state index in [4.69, 9.17) is 17.0 Å². The number of nitrogens with one attached hydrogen (secondary N) is 3. The largest absolute Gasteiger partial charge is 0.494 e. The van der Waals surface area contributed by atoms with Crippen LogP contribution in [-0.4, -0.2) is 29.1 Å². The second kappa shape index (κ2) is 10.9. The van der Waals surface area contributed by atoms with Crippen molar-refractivity contribution in [3.63, 3.8) is 0 Å². The number of benzene rings is 2. The predicted molar refractivity (Wildman–Crippen MR) is 129 cm³/mol. The number of ether oxygens (including phenoxy) is 1. The van der Waals surface area contributed by atoms with Crippen LogP contribution in [0.5, 0.6) is 5.75 Å². The van der Waals surface area contributed by atoms with E-state index >= 15 is 0 Å². The lowest BCUT2D eigenvalue weighted by Crippen LogP contribution is -2.41. The molecule has 166 valence electrons. The van der Waals surface area contributed by atoms with E-state index in [0.29, 0.717) is 29.3 Å². The molecule has 2 aromatic rings. The first-order valence-electron chi connectivity index (χ1n) is 10.3. The predicted octanol–water partition coefficient (Wildman–Crippen LogP) is 4.77. The van der Waals surface area contributed by atoms with Crippen LogP contribution < -0.4 is 20.7 Å². The number of anilines is 1. The van der Waals surface area contributed by atoms with Crippen LogP contribution in [-0.2, 0) is 0 Å². The first kappa shape index (κ1) is 24.3. The highest BCUT2D eigenvalue weighted by molar-refractivity contribution is 7.80. The highest BCUT2D eigenvalue weighted by atomic mass is 32.1. The fourth-order valence-corrected chi connectivity index (χ4v) is 2.84. The summed E-state index contributed by atoms with van der Waals surface area (Å²) >= 11 is 5.28. The molecule has 0 saturated heterocycles. The van der Waals surface area contributed by atoms with Crippen molar-refractivity contribution in [1.82, 2.24) is 10.6 Å². The minimum atomic E-state index is -0.371. The lowest BCUT2D eigenvalue weighted by molar-refractivity contribution is 0.0919. The third-order valence-corrected chi connectivity index (χ3v) is 4.42. The molecule has 31 heavy (non-hydrogen) atoms. The summed E-state index contributed by atoms with van der Waals surface area (Å²) in [6, 6.07) is 13.9. The van der Waals surface area contributed by atoms with E-state index in [1.54, 1.807) is 48.5 Å². The van der Waals surface area contributed by atoms with Gasteiger partial charge in [-0.05, 0) is 81.7 Å². The van der Waals surface area contributed by atoms with Crippen LogP contribution in [0.25, 0.3) is 0 Å². The summed E-state index contributed by atoms with van der Waals surface area (Å²) in [5.41, 5.74) is 1.04. The van der Waals surface area contributed by atoms with E-state index in [-0.39, 0.29) is 22.5 Å². The molecule has 0 aliphatic carbocycles. The lowest BCUT2D eigenvalue weighted by Gasteiger charge is -2.21. The maximum Gasteiger partial charge on any atom is 0.257 e. The minimum absolute atomic E-state index is 0.110. The van der Waals surface area contributed by atoms with Crippen LogP contribution in [0.15, 0.2) is 48.5 Å². The summed E-state index contributed by atoms with van der Waals surface area (Å²) in [5.74, 6) is 0.723. The Hall–Kier alpha value is -2.93.